The summed E-state index contributed by atoms with van der Waals surface area (Å²) in [4.78, 5) is 0. The van der Waals surface area contributed by atoms with E-state index in [1.165, 1.54) is 116 Å². The molecule has 0 bridgehead atoms. The predicted octanol–water partition coefficient (Wildman–Crippen LogP) is 34.5. The molecule has 626 valence electrons. The van der Waals surface area contributed by atoms with Crippen molar-refractivity contribution in [3.05, 3.63) is 319 Å². The van der Waals surface area contributed by atoms with E-state index in [4.69, 9.17) is 0 Å². The zero-order chi connectivity index (χ0) is 88.1. The summed E-state index contributed by atoms with van der Waals surface area (Å²) in [6.07, 6.45) is 1.01. The molecule has 0 aliphatic rings. The number of hydrogen-bond acceptors (Lipinski definition) is 0. The van der Waals surface area contributed by atoms with Gasteiger partial charge in [0.25, 0.3) is 0 Å². The Morgan fingerprint density at radius 1 is 0.191 bits per heavy atom. The Hall–Kier alpha value is -7.54. The fourth-order valence-corrected chi connectivity index (χ4v) is 13.6. The van der Waals surface area contributed by atoms with Crippen LogP contribution in [0.1, 0.15) is 384 Å². The van der Waals surface area contributed by atoms with Crippen molar-refractivity contribution in [1.29, 1.82) is 0 Å². The molecule has 0 nitrogen and oxygen atoms in total. The zero-order valence-electron chi connectivity index (χ0n) is 81.6. The Balaban J connectivity index is 0.000000285. The van der Waals surface area contributed by atoms with Gasteiger partial charge in [-0.1, -0.05) is 508 Å². The highest BCUT2D eigenvalue weighted by Gasteiger charge is 2.26. The third-order valence-corrected chi connectivity index (χ3v) is 21.9. The topological polar surface area (TPSA) is 0 Å². The molecule has 0 aromatic heterocycles. The SMILES string of the molecule is CC(C)(C)c1ccc(-c2ccc(C(C)(C)C)cc2)cc1.CC(C)(C)c1ccc(C(C)(C)C)cc1.CC(C)(C)c1ccc(Cc2ccc(C(C)(C)C)cc2)cc1.CC(C)(C)c1ccc2ccc(C(C)(C)C)cc2c1.CC(C)(C)c1ccccc1C(C)(C)C.CC(C)c1cccc(C(C)(C)C)c1.Cc1cc(C(C)(C)C)ccc1C(C)(C)C. The molecular weight excluding hydrogens is 1380 g/mol. The lowest BCUT2D eigenvalue weighted by Crippen LogP contribution is -2.21. The van der Waals surface area contributed by atoms with E-state index in [1.807, 2.05) is 0 Å². The van der Waals surface area contributed by atoms with E-state index in [1.54, 1.807) is 0 Å². The van der Waals surface area contributed by atoms with Gasteiger partial charge in [-0.15, -0.1) is 0 Å². The van der Waals surface area contributed by atoms with Crippen LogP contribution in [0.5, 0.6) is 0 Å². The van der Waals surface area contributed by atoms with Crippen molar-refractivity contribution < 1.29 is 0 Å². The second-order valence-corrected chi connectivity index (χ2v) is 46.7. The predicted molar refractivity (Wildman–Crippen MR) is 519 cm³/mol. The van der Waals surface area contributed by atoms with Crippen LogP contribution in [0.2, 0.25) is 0 Å². The highest BCUT2D eigenvalue weighted by molar-refractivity contribution is 5.84. The maximum Gasteiger partial charge on any atom is -0.00258 e. The molecule has 10 aromatic rings. The lowest BCUT2D eigenvalue weighted by atomic mass is 9.75. The van der Waals surface area contributed by atoms with Gasteiger partial charge in [-0.2, -0.15) is 0 Å². The van der Waals surface area contributed by atoms with E-state index in [-0.39, 0.29) is 70.4 Å². The molecular formula is C115H166. The zero-order valence-corrected chi connectivity index (χ0v) is 81.6. The highest BCUT2D eigenvalue weighted by atomic mass is 14.3. The molecule has 115 heavy (non-hydrogen) atoms. The summed E-state index contributed by atoms with van der Waals surface area (Å²) in [5.74, 6) is 0.627. The Morgan fingerprint density at radius 3 is 0.678 bits per heavy atom. The van der Waals surface area contributed by atoms with E-state index < -0.39 is 0 Å². The van der Waals surface area contributed by atoms with Crippen LogP contribution in [0.4, 0.5) is 0 Å². The van der Waals surface area contributed by atoms with Gasteiger partial charge in [-0.05, 0) is 206 Å². The first-order chi connectivity index (χ1) is 52.0. The fourth-order valence-electron chi connectivity index (χ4n) is 13.6. The van der Waals surface area contributed by atoms with Gasteiger partial charge in [-0.25, -0.2) is 0 Å². The molecule has 0 amide bonds. The first-order valence-electron chi connectivity index (χ1n) is 43.4. The lowest BCUT2D eigenvalue weighted by Gasteiger charge is -2.29. The minimum absolute atomic E-state index is 0.214. The third kappa shape index (κ3) is 32.7. The summed E-state index contributed by atoms with van der Waals surface area (Å²) in [5.41, 5.74) is 29.7. The van der Waals surface area contributed by atoms with Crippen molar-refractivity contribution in [2.24, 2.45) is 0 Å². The molecule has 0 atom stereocenters. The fraction of sp³-hybridized carbons (Fsp3) is 0.496. The number of aryl methyl sites for hydroxylation is 1. The number of hydrogen-bond donors (Lipinski definition) is 0. The molecule has 0 saturated heterocycles. The van der Waals surface area contributed by atoms with Crippen LogP contribution in [-0.2, 0) is 76.8 Å². The van der Waals surface area contributed by atoms with Gasteiger partial charge in [0, 0.05) is 0 Å². The van der Waals surface area contributed by atoms with Crippen molar-refractivity contribution in [3.63, 3.8) is 0 Å². The van der Waals surface area contributed by atoms with Crippen molar-refractivity contribution in [2.75, 3.05) is 0 Å². The molecule has 10 aromatic carbocycles. The number of rotatable bonds is 4. The van der Waals surface area contributed by atoms with Crippen LogP contribution in [0, 0.1) is 6.92 Å². The Morgan fingerprint density at radius 2 is 0.426 bits per heavy atom. The van der Waals surface area contributed by atoms with Crippen molar-refractivity contribution in [1.82, 2.24) is 0 Å². The maximum atomic E-state index is 2.34. The average molecular weight is 1550 g/mol. The van der Waals surface area contributed by atoms with Gasteiger partial charge in [0.15, 0.2) is 0 Å². The van der Waals surface area contributed by atoms with Crippen molar-refractivity contribution >= 4 is 10.8 Å². The maximum absolute atomic E-state index is 2.34. The van der Waals surface area contributed by atoms with E-state index in [9.17, 15) is 0 Å². The van der Waals surface area contributed by atoms with E-state index in [0.717, 1.165) is 6.42 Å². The summed E-state index contributed by atoms with van der Waals surface area (Å²) in [5, 5.41) is 2.69. The third-order valence-electron chi connectivity index (χ3n) is 21.9. The molecule has 0 N–H and O–H groups in total. The molecule has 0 radical (unpaired) electrons. The lowest BCUT2D eigenvalue weighted by molar-refractivity contribution is 0.530. The monoisotopic (exact) mass is 1550 g/mol. The summed E-state index contributed by atoms with van der Waals surface area (Å²) in [7, 11) is 0. The second-order valence-electron chi connectivity index (χ2n) is 46.7. The number of benzene rings is 10. The molecule has 0 aliphatic carbocycles. The summed E-state index contributed by atoms with van der Waals surface area (Å²) in [6, 6.07) is 83.2. The molecule has 10 rings (SSSR count). The minimum Gasteiger partial charge on any atom is -0.0620 e. The van der Waals surface area contributed by atoms with Gasteiger partial charge in [0.1, 0.15) is 0 Å². The van der Waals surface area contributed by atoms with Gasteiger partial charge >= 0.3 is 0 Å². The van der Waals surface area contributed by atoms with Gasteiger partial charge in [0.05, 0.1) is 0 Å². The quantitative estimate of drug-likeness (QED) is 0.165. The second kappa shape index (κ2) is 38.9. The summed E-state index contributed by atoms with van der Waals surface area (Å²) >= 11 is 0. The van der Waals surface area contributed by atoms with Crippen LogP contribution < -0.4 is 0 Å². The minimum atomic E-state index is 0.214. The van der Waals surface area contributed by atoms with Gasteiger partial charge < -0.3 is 0 Å². The average Bonchev–Trinajstić information content (AvgIpc) is 0.800. The molecule has 0 aliphatic heterocycles. The summed E-state index contributed by atoms with van der Waals surface area (Å²) in [6.45, 7) is 94.8. The smallest absolute Gasteiger partial charge is 0.00258 e. The van der Waals surface area contributed by atoms with Crippen LogP contribution in [0.3, 0.4) is 0 Å². The normalized spacial score (nSPS) is 12.7. The van der Waals surface area contributed by atoms with Gasteiger partial charge in [0.2, 0.25) is 0 Å². The Bertz CT molecular complexity index is 4350. The molecule has 0 unspecified atom stereocenters. The molecule has 0 saturated carbocycles. The summed E-state index contributed by atoms with van der Waals surface area (Å²) < 4.78 is 0. The standard InChI is InChI=1S/C21H28.C20H26.C18H24.C15H24.2C14H22.C13H20/c1-20(2,3)18-11-7-16(8-12-18)15-17-9-13-19(14-10-17)21(4,5)6;1-19(2,3)17-11-7-15(8-12-17)16-9-13-18(14-10-16)20(4,5)6;1-17(2,3)15-9-7-13-8-10-16(18(4,5)6)12-14(13)11-15;1-11-10-12(14(2,3)4)8-9-13(11)15(5,6)7;1-13(2,3)11-7-9-12(10-8-11)14(4,5)6;1-13(2,3)11-9-7-8-10-12(11)14(4,5)6;1-10(2)11-7-6-8-12(9-11)13(3,4)5/h7-14H,15H2,1-6H3;7-14H,1-6H3;7-12H,1-6H3;8-10H,1-7H3;2*7-10H,1-6H3;6-10H,1-5H3. The van der Waals surface area contributed by atoms with Crippen LogP contribution >= 0.6 is 0 Å². The van der Waals surface area contributed by atoms with E-state index in [0.29, 0.717) is 5.92 Å². The highest BCUT2D eigenvalue weighted by Crippen LogP contribution is 2.37. The molecule has 0 spiro atoms. The Labute approximate surface area is 709 Å². The molecule has 0 heterocycles. The van der Waals surface area contributed by atoms with E-state index >= 15 is 0 Å². The van der Waals surface area contributed by atoms with Crippen LogP contribution in [0.25, 0.3) is 21.9 Å². The van der Waals surface area contributed by atoms with Crippen molar-refractivity contribution in [3.8, 4) is 11.1 Å². The largest absolute Gasteiger partial charge is 0.0620 e. The molecule has 0 fully saturated rings. The van der Waals surface area contributed by atoms with Crippen molar-refractivity contribution in [2.45, 2.75) is 374 Å². The number of fused-ring (bicyclic) bond motifs is 1. The van der Waals surface area contributed by atoms with E-state index in [2.05, 4.69) is 515 Å². The van der Waals surface area contributed by atoms with Gasteiger partial charge in [-0.3, -0.25) is 0 Å². The van der Waals surface area contributed by atoms with Crippen LogP contribution in [0.15, 0.2) is 224 Å². The Kier molecular flexibility index (Phi) is 33.8. The first-order valence-corrected chi connectivity index (χ1v) is 43.4. The molecule has 0 heteroatoms. The first kappa shape index (κ1) is 99.8. The van der Waals surface area contributed by atoms with Crippen LogP contribution in [-0.4, -0.2) is 0 Å².